The molecule has 6 nitrogen and oxygen atoms in total. The summed E-state index contributed by atoms with van der Waals surface area (Å²) in [5.41, 5.74) is 0. The first-order valence-corrected chi connectivity index (χ1v) is 9.05. The van der Waals surface area contributed by atoms with E-state index < -0.39 is 10.0 Å². The molecule has 1 atom stereocenters. The van der Waals surface area contributed by atoms with Gasteiger partial charge < -0.3 is 9.47 Å². The smallest absolute Gasteiger partial charge is 0.240 e. The quantitative estimate of drug-likeness (QED) is 0.811. The van der Waals surface area contributed by atoms with E-state index >= 15 is 0 Å². The Morgan fingerprint density at radius 2 is 1.91 bits per heavy atom. The number of hydrogen-bond donors (Lipinski definition) is 1. The number of sulfonamides is 1. The first-order chi connectivity index (χ1) is 10.5. The normalized spacial score (nSPS) is 18.1. The van der Waals surface area contributed by atoms with E-state index in [2.05, 4.69) is 9.62 Å². The van der Waals surface area contributed by atoms with E-state index in [1.165, 1.54) is 0 Å². The monoisotopic (exact) mass is 328 g/mol. The van der Waals surface area contributed by atoms with Gasteiger partial charge in [-0.25, -0.2) is 13.1 Å². The second-order valence-electron chi connectivity index (χ2n) is 5.25. The van der Waals surface area contributed by atoms with Crippen LogP contribution in [-0.2, 0) is 14.8 Å². The lowest BCUT2D eigenvalue weighted by Crippen LogP contribution is -2.47. The zero-order valence-electron chi connectivity index (χ0n) is 13.1. The number of nitrogens with one attached hydrogen (secondary N) is 1. The Hall–Kier alpha value is -1.15. The van der Waals surface area contributed by atoms with Crippen LogP contribution in [-0.4, -0.2) is 58.8 Å². The standard InChI is InChI=1S/C15H24N2O4S/c1-3-21-14-4-6-15(7-5-14)22(18,19)16-12-13(2)17-8-10-20-11-9-17/h4-7,13,16H,3,8-12H2,1-2H3. The maximum absolute atomic E-state index is 12.3. The Morgan fingerprint density at radius 1 is 1.27 bits per heavy atom. The SMILES string of the molecule is CCOc1ccc(S(=O)(=O)NCC(C)N2CCOCC2)cc1. The summed E-state index contributed by atoms with van der Waals surface area (Å²) in [4.78, 5) is 2.48. The number of hydrogen-bond acceptors (Lipinski definition) is 5. The number of morpholine rings is 1. The number of ether oxygens (including phenoxy) is 2. The van der Waals surface area contributed by atoms with Crippen molar-refractivity contribution in [3.63, 3.8) is 0 Å². The van der Waals surface area contributed by atoms with Gasteiger partial charge in [0, 0.05) is 25.7 Å². The summed E-state index contributed by atoms with van der Waals surface area (Å²) >= 11 is 0. The lowest BCUT2D eigenvalue weighted by atomic mass is 10.2. The molecule has 22 heavy (non-hydrogen) atoms. The largest absolute Gasteiger partial charge is 0.494 e. The number of rotatable bonds is 7. The summed E-state index contributed by atoms with van der Waals surface area (Å²) in [6.07, 6.45) is 0. The molecule has 1 aliphatic heterocycles. The molecule has 1 aromatic rings. The van der Waals surface area contributed by atoms with E-state index in [1.54, 1.807) is 24.3 Å². The maximum Gasteiger partial charge on any atom is 0.240 e. The molecule has 1 aromatic carbocycles. The lowest BCUT2D eigenvalue weighted by Gasteiger charge is -2.32. The van der Waals surface area contributed by atoms with Crippen LogP contribution in [0.2, 0.25) is 0 Å². The molecule has 0 aromatic heterocycles. The van der Waals surface area contributed by atoms with E-state index in [0.717, 1.165) is 13.1 Å². The summed E-state index contributed by atoms with van der Waals surface area (Å²) in [6, 6.07) is 6.60. The molecule has 0 spiro atoms. The van der Waals surface area contributed by atoms with E-state index in [9.17, 15) is 8.42 Å². The molecule has 0 bridgehead atoms. The van der Waals surface area contributed by atoms with Crippen molar-refractivity contribution in [3.05, 3.63) is 24.3 Å². The van der Waals surface area contributed by atoms with Crippen LogP contribution >= 0.6 is 0 Å². The van der Waals surface area contributed by atoms with E-state index in [1.807, 2.05) is 13.8 Å². The molecule has 124 valence electrons. The van der Waals surface area contributed by atoms with Gasteiger partial charge in [-0.2, -0.15) is 0 Å². The molecular formula is C15H24N2O4S. The van der Waals surface area contributed by atoms with Crippen molar-refractivity contribution in [1.29, 1.82) is 0 Å². The summed E-state index contributed by atoms with van der Waals surface area (Å²) in [6.45, 7) is 7.94. The van der Waals surface area contributed by atoms with Crippen molar-refractivity contribution in [3.8, 4) is 5.75 Å². The molecule has 1 saturated heterocycles. The molecule has 0 aliphatic carbocycles. The van der Waals surface area contributed by atoms with Gasteiger partial charge in [0.25, 0.3) is 0 Å². The van der Waals surface area contributed by atoms with Crippen LogP contribution < -0.4 is 9.46 Å². The summed E-state index contributed by atoms with van der Waals surface area (Å²) < 4.78 is 37.9. The molecule has 1 aliphatic rings. The van der Waals surface area contributed by atoms with Gasteiger partial charge in [0.05, 0.1) is 24.7 Å². The molecular weight excluding hydrogens is 304 g/mol. The van der Waals surface area contributed by atoms with Gasteiger partial charge in [0.15, 0.2) is 0 Å². The molecule has 0 radical (unpaired) electrons. The molecule has 0 saturated carbocycles. The van der Waals surface area contributed by atoms with Gasteiger partial charge in [-0.05, 0) is 38.1 Å². The maximum atomic E-state index is 12.3. The third-order valence-corrected chi connectivity index (χ3v) is 5.12. The highest BCUT2D eigenvalue weighted by Crippen LogP contribution is 2.16. The fourth-order valence-electron chi connectivity index (χ4n) is 2.34. The zero-order chi connectivity index (χ0) is 16.0. The average molecular weight is 328 g/mol. The van der Waals surface area contributed by atoms with E-state index in [4.69, 9.17) is 9.47 Å². The van der Waals surface area contributed by atoms with Crippen molar-refractivity contribution in [2.45, 2.75) is 24.8 Å². The molecule has 1 fully saturated rings. The molecule has 1 heterocycles. The Kier molecular flexibility index (Phi) is 6.19. The van der Waals surface area contributed by atoms with Crippen molar-refractivity contribution >= 4 is 10.0 Å². The van der Waals surface area contributed by atoms with Crippen LogP contribution in [0, 0.1) is 0 Å². The molecule has 1 unspecified atom stereocenters. The fourth-order valence-corrected chi connectivity index (χ4v) is 3.46. The Labute approximate surface area is 132 Å². The fraction of sp³-hybridized carbons (Fsp3) is 0.600. The Balaban J connectivity index is 1.92. The van der Waals surface area contributed by atoms with Gasteiger partial charge >= 0.3 is 0 Å². The van der Waals surface area contributed by atoms with Crippen LogP contribution in [0.3, 0.4) is 0 Å². The van der Waals surface area contributed by atoms with Crippen LogP contribution in [0.4, 0.5) is 0 Å². The molecule has 7 heteroatoms. The van der Waals surface area contributed by atoms with Gasteiger partial charge in [0.2, 0.25) is 10.0 Å². The van der Waals surface area contributed by atoms with Gasteiger partial charge in [-0.3, -0.25) is 4.90 Å². The number of nitrogens with zero attached hydrogens (tertiary/aromatic N) is 1. The average Bonchev–Trinajstić information content (AvgIpc) is 2.54. The minimum Gasteiger partial charge on any atom is -0.494 e. The van der Waals surface area contributed by atoms with Crippen molar-refractivity contribution in [2.75, 3.05) is 39.5 Å². The van der Waals surface area contributed by atoms with Gasteiger partial charge in [-0.15, -0.1) is 0 Å². The third-order valence-electron chi connectivity index (χ3n) is 3.68. The van der Waals surface area contributed by atoms with Gasteiger partial charge in [0.1, 0.15) is 5.75 Å². The molecule has 1 N–H and O–H groups in total. The lowest BCUT2D eigenvalue weighted by molar-refractivity contribution is 0.0213. The van der Waals surface area contributed by atoms with Crippen molar-refractivity contribution in [1.82, 2.24) is 9.62 Å². The van der Waals surface area contributed by atoms with Crippen LogP contribution in [0.25, 0.3) is 0 Å². The zero-order valence-corrected chi connectivity index (χ0v) is 13.9. The molecule has 2 rings (SSSR count). The van der Waals surface area contributed by atoms with Crippen LogP contribution in [0.15, 0.2) is 29.2 Å². The highest BCUT2D eigenvalue weighted by atomic mass is 32.2. The Morgan fingerprint density at radius 3 is 2.50 bits per heavy atom. The predicted molar refractivity (Wildman–Crippen MR) is 84.7 cm³/mol. The third kappa shape index (κ3) is 4.67. The predicted octanol–water partition coefficient (Wildman–Crippen LogP) is 1.08. The van der Waals surface area contributed by atoms with Crippen molar-refractivity contribution < 1.29 is 17.9 Å². The second kappa shape index (κ2) is 7.92. The summed E-state index contributed by atoms with van der Waals surface area (Å²) in [7, 11) is -3.49. The minimum absolute atomic E-state index is 0.140. The first kappa shape index (κ1) is 17.2. The van der Waals surface area contributed by atoms with E-state index in [-0.39, 0.29) is 10.9 Å². The topological polar surface area (TPSA) is 67.9 Å². The van der Waals surface area contributed by atoms with Crippen LogP contribution in [0.1, 0.15) is 13.8 Å². The highest BCUT2D eigenvalue weighted by Gasteiger charge is 2.20. The van der Waals surface area contributed by atoms with Crippen LogP contribution in [0.5, 0.6) is 5.75 Å². The van der Waals surface area contributed by atoms with E-state index in [0.29, 0.717) is 32.1 Å². The van der Waals surface area contributed by atoms with Gasteiger partial charge in [-0.1, -0.05) is 0 Å². The Bertz CT molecular complexity index is 553. The highest BCUT2D eigenvalue weighted by molar-refractivity contribution is 7.89. The summed E-state index contributed by atoms with van der Waals surface area (Å²) in [5.74, 6) is 0.670. The minimum atomic E-state index is -3.49. The second-order valence-corrected chi connectivity index (χ2v) is 7.02. The molecule has 0 amide bonds. The first-order valence-electron chi connectivity index (χ1n) is 7.57. The number of benzene rings is 1. The summed E-state index contributed by atoms with van der Waals surface area (Å²) in [5, 5.41) is 0. The van der Waals surface area contributed by atoms with Crippen molar-refractivity contribution in [2.24, 2.45) is 0 Å².